The van der Waals surface area contributed by atoms with Crippen LogP contribution in [0.2, 0.25) is 0 Å². The Kier molecular flexibility index (Phi) is 4.77. The first-order valence-electron chi connectivity index (χ1n) is 10.2. The number of nitrogens with two attached hydrogens (primary N) is 1. The minimum Gasteiger partial charge on any atom is -0.390 e. The van der Waals surface area contributed by atoms with Crippen molar-refractivity contribution in [2.45, 2.75) is 31.1 Å². The van der Waals surface area contributed by atoms with Gasteiger partial charge in [0.15, 0.2) is 11.5 Å². The van der Waals surface area contributed by atoms with Gasteiger partial charge >= 0.3 is 0 Å². The van der Waals surface area contributed by atoms with Gasteiger partial charge in [-0.2, -0.15) is 5.10 Å². The Balaban J connectivity index is 1.52. The van der Waals surface area contributed by atoms with Gasteiger partial charge < -0.3 is 10.2 Å². The van der Waals surface area contributed by atoms with Crippen molar-refractivity contribution in [3.63, 3.8) is 0 Å². The lowest BCUT2D eigenvalue weighted by Gasteiger charge is -2.43. The molecule has 0 aliphatic heterocycles. The molecule has 1 saturated carbocycles. The molecule has 3 heterocycles. The van der Waals surface area contributed by atoms with Gasteiger partial charge in [0, 0.05) is 29.7 Å². The van der Waals surface area contributed by atoms with Crippen LogP contribution in [0, 0.1) is 5.92 Å². The van der Waals surface area contributed by atoms with Gasteiger partial charge in [-0.15, -0.1) is 0 Å². The summed E-state index contributed by atoms with van der Waals surface area (Å²) in [6, 6.07) is 16.0. The molecule has 1 aliphatic rings. The van der Waals surface area contributed by atoms with Crippen LogP contribution in [-0.4, -0.2) is 35.9 Å². The lowest BCUT2D eigenvalue weighted by atomic mass is 9.73. The number of hydrogen-bond acceptors (Lipinski definition) is 6. The topological polar surface area (TPSA) is 110 Å². The zero-order valence-electron chi connectivity index (χ0n) is 17.0. The number of pyridine rings is 2. The van der Waals surface area contributed by atoms with Crippen molar-refractivity contribution < 1.29 is 19.0 Å². The Morgan fingerprint density at radius 2 is 1.88 bits per heavy atom. The first-order chi connectivity index (χ1) is 15.3. The molecule has 4 aromatic rings. The van der Waals surface area contributed by atoms with Crippen LogP contribution in [0.25, 0.3) is 28.0 Å². The van der Waals surface area contributed by atoms with Crippen molar-refractivity contribution in [2.24, 2.45) is 11.7 Å². The summed E-state index contributed by atoms with van der Waals surface area (Å²) in [4.78, 5) is 8.89. The van der Waals surface area contributed by atoms with Crippen LogP contribution in [0.1, 0.15) is 24.2 Å². The standard InChI is InChI=1S/C23H21F2N5O2/c24-22(25)10-16(11-22)23(26,32)20-5-2-4-18(29-20)14-7-8-15-12-27-30(19(15)9-14)21-6-1-3-17(13-31)28-21/h1-9,12,16,31-32H,10-11,13,26H2. The normalized spacial score (nSPS) is 17.8. The van der Waals surface area contributed by atoms with Crippen LogP contribution < -0.4 is 5.73 Å². The predicted octanol–water partition coefficient (Wildman–Crippen LogP) is 3.12. The Bertz CT molecular complexity index is 1300. The lowest BCUT2D eigenvalue weighted by molar-refractivity contribution is -0.179. The molecule has 0 bridgehead atoms. The second-order valence-electron chi connectivity index (χ2n) is 8.17. The summed E-state index contributed by atoms with van der Waals surface area (Å²) >= 11 is 0. The summed E-state index contributed by atoms with van der Waals surface area (Å²) in [5.74, 6) is -2.98. The van der Waals surface area contributed by atoms with E-state index in [1.807, 2.05) is 18.2 Å². The van der Waals surface area contributed by atoms with Crippen LogP contribution in [-0.2, 0) is 12.3 Å². The van der Waals surface area contributed by atoms with E-state index >= 15 is 0 Å². The smallest absolute Gasteiger partial charge is 0.249 e. The molecule has 5 rings (SSSR count). The maximum atomic E-state index is 13.3. The van der Waals surface area contributed by atoms with E-state index in [2.05, 4.69) is 15.1 Å². The Morgan fingerprint density at radius 3 is 2.62 bits per heavy atom. The molecule has 0 saturated heterocycles. The van der Waals surface area contributed by atoms with E-state index in [0.29, 0.717) is 17.2 Å². The molecule has 1 aromatic carbocycles. The highest BCUT2D eigenvalue weighted by Crippen LogP contribution is 2.48. The minimum absolute atomic E-state index is 0.154. The van der Waals surface area contributed by atoms with Crippen molar-refractivity contribution in [2.75, 3.05) is 0 Å². The molecule has 3 aromatic heterocycles. The fraction of sp³-hybridized carbons (Fsp3) is 0.261. The Hall–Kier alpha value is -3.27. The number of nitrogens with zero attached hydrogens (tertiary/aromatic N) is 4. The molecule has 0 amide bonds. The largest absolute Gasteiger partial charge is 0.390 e. The van der Waals surface area contributed by atoms with Gasteiger partial charge in [0.2, 0.25) is 5.92 Å². The van der Waals surface area contributed by atoms with E-state index < -0.39 is 30.4 Å². The second-order valence-corrected chi connectivity index (χ2v) is 8.17. The van der Waals surface area contributed by atoms with Gasteiger partial charge in [0.25, 0.3) is 0 Å². The molecule has 0 radical (unpaired) electrons. The number of fused-ring (bicyclic) bond motifs is 1. The first kappa shape index (κ1) is 20.6. The number of aliphatic hydroxyl groups excluding tert-OH is 1. The Labute approximate surface area is 182 Å². The average Bonchev–Trinajstić information content (AvgIpc) is 3.21. The number of benzene rings is 1. The van der Waals surface area contributed by atoms with E-state index in [4.69, 9.17) is 5.73 Å². The van der Waals surface area contributed by atoms with Gasteiger partial charge in [-0.05, 0) is 30.3 Å². The third-order valence-corrected chi connectivity index (χ3v) is 5.91. The third kappa shape index (κ3) is 3.54. The summed E-state index contributed by atoms with van der Waals surface area (Å²) < 4.78 is 28.3. The lowest BCUT2D eigenvalue weighted by Crippen LogP contribution is -2.54. The molecule has 1 atom stereocenters. The number of aliphatic hydroxyl groups is 2. The molecular formula is C23H21F2N5O2. The summed E-state index contributed by atoms with van der Waals surface area (Å²) in [5.41, 5.74) is 6.85. The molecule has 32 heavy (non-hydrogen) atoms. The molecular weight excluding hydrogens is 416 g/mol. The minimum atomic E-state index is -2.79. The highest BCUT2D eigenvalue weighted by molar-refractivity contribution is 5.84. The summed E-state index contributed by atoms with van der Waals surface area (Å²) in [6.07, 6.45) is 0.791. The van der Waals surface area contributed by atoms with Crippen molar-refractivity contribution in [3.05, 3.63) is 72.2 Å². The Morgan fingerprint density at radius 1 is 1.09 bits per heavy atom. The number of rotatable bonds is 5. The van der Waals surface area contributed by atoms with E-state index in [0.717, 1.165) is 16.5 Å². The third-order valence-electron chi connectivity index (χ3n) is 5.91. The summed E-state index contributed by atoms with van der Waals surface area (Å²) in [5, 5.41) is 25.4. The fourth-order valence-electron chi connectivity index (χ4n) is 4.03. The maximum absolute atomic E-state index is 13.3. The van der Waals surface area contributed by atoms with Crippen LogP contribution >= 0.6 is 0 Å². The molecule has 0 spiro atoms. The van der Waals surface area contributed by atoms with Crippen LogP contribution in [0.3, 0.4) is 0 Å². The van der Waals surface area contributed by atoms with Gasteiger partial charge in [-0.3, -0.25) is 5.73 Å². The number of alkyl halides is 2. The quantitative estimate of drug-likeness (QED) is 0.414. The zero-order chi connectivity index (χ0) is 22.5. The average molecular weight is 437 g/mol. The van der Waals surface area contributed by atoms with Crippen LogP contribution in [0.4, 0.5) is 8.78 Å². The molecule has 7 nitrogen and oxygen atoms in total. The zero-order valence-corrected chi connectivity index (χ0v) is 17.0. The maximum Gasteiger partial charge on any atom is 0.249 e. The van der Waals surface area contributed by atoms with Gasteiger partial charge in [-0.25, -0.2) is 23.4 Å². The molecule has 1 unspecified atom stereocenters. The van der Waals surface area contributed by atoms with Crippen LogP contribution in [0.15, 0.2) is 60.8 Å². The molecule has 9 heteroatoms. The van der Waals surface area contributed by atoms with Gasteiger partial charge in [-0.1, -0.05) is 24.3 Å². The SMILES string of the molecule is NC(O)(c1cccc(-c2ccc3cnn(-c4cccc(CO)n4)c3c2)n1)C1CC(F)(F)C1. The first-order valence-corrected chi connectivity index (χ1v) is 10.2. The highest BCUT2D eigenvalue weighted by Gasteiger charge is 2.54. The predicted molar refractivity (Wildman–Crippen MR) is 114 cm³/mol. The van der Waals surface area contributed by atoms with Crippen LogP contribution in [0.5, 0.6) is 0 Å². The molecule has 164 valence electrons. The summed E-state index contributed by atoms with van der Waals surface area (Å²) in [6.45, 7) is -0.177. The van der Waals surface area contributed by atoms with Gasteiger partial charge in [0.1, 0.15) is 0 Å². The van der Waals surface area contributed by atoms with Crippen molar-refractivity contribution >= 4 is 10.9 Å². The number of hydrogen-bond donors (Lipinski definition) is 3. The fourth-order valence-corrected chi connectivity index (χ4v) is 4.03. The van der Waals surface area contributed by atoms with Gasteiger partial charge in [0.05, 0.1) is 35.4 Å². The van der Waals surface area contributed by atoms with E-state index in [-0.39, 0.29) is 12.3 Å². The molecule has 1 fully saturated rings. The van der Waals surface area contributed by atoms with E-state index in [1.165, 1.54) is 0 Å². The molecule has 1 aliphatic carbocycles. The number of halogens is 2. The van der Waals surface area contributed by atoms with E-state index in [1.54, 1.807) is 47.3 Å². The second kappa shape index (κ2) is 7.40. The van der Waals surface area contributed by atoms with Crippen molar-refractivity contribution in [3.8, 4) is 17.1 Å². The van der Waals surface area contributed by atoms with Crippen molar-refractivity contribution in [1.82, 2.24) is 19.7 Å². The van der Waals surface area contributed by atoms with Crippen molar-refractivity contribution in [1.29, 1.82) is 0 Å². The monoisotopic (exact) mass is 437 g/mol. The molecule has 4 N–H and O–H groups in total. The highest BCUT2D eigenvalue weighted by atomic mass is 19.3. The van der Waals surface area contributed by atoms with E-state index in [9.17, 15) is 19.0 Å². The number of aromatic nitrogens is 4. The summed E-state index contributed by atoms with van der Waals surface area (Å²) in [7, 11) is 0.